The van der Waals surface area contributed by atoms with E-state index in [9.17, 15) is 0 Å². The smallest absolute Gasteiger partial charge is 0.0467 e. The van der Waals surface area contributed by atoms with Gasteiger partial charge in [0.25, 0.3) is 0 Å². The Kier molecular flexibility index (Phi) is 7.27. The predicted octanol–water partition coefficient (Wildman–Crippen LogP) is 14.6. The number of anilines is 3. The van der Waals surface area contributed by atoms with Crippen LogP contribution in [-0.2, 0) is 5.41 Å². The van der Waals surface area contributed by atoms with Gasteiger partial charge in [-0.15, -0.1) is 0 Å². The number of fused-ring (bicyclic) bond motifs is 7. The van der Waals surface area contributed by atoms with Gasteiger partial charge in [0.15, 0.2) is 0 Å². The lowest BCUT2D eigenvalue weighted by atomic mass is 9.79. The minimum absolute atomic E-state index is 0.00287. The summed E-state index contributed by atoms with van der Waals surface area (Å²) in [5.41, 5.74) is 14.2. The highest BCUT2D eigenvalue weighted by Gasteiger charge is 2.38. The molecule has 0 aromatic heterocycles. The molecule has 0 N–H and O–H groups in total. The Balaban J connectivity index is 1.06. The van der Waals surface area contributed by atoms with Gasteiger partial charge in [-0.05, 0) is 132 Å². The maximum absolute atomic E-state index is 2.45. The second-order valence-electron chi connectivity index (χ2n) is 15.5. The zero-order valence-corrected chi connectivity index (χ0v) is 30.5. The first-order valence-corrected chi connectivity index (χ1v) is 18.9. The highest BCUT2D eigenvalue weighted by Crippen LogP contribution is 2.52. The van der Waals surface area contributed by atoms with E-state index in [4.69, 9.17) is 0 Å². The largest absolute Gasteiger partial charge is 0.310 e. The summed E-state index contributed by atoms with van der Waals surface area (Å²) in [6, 6.07) is 60.6. The first-order chi connectivity index (χ1) is 25.9. The van der Waals surface area contributed by atoms with Gasteiger partial charge in [-0.25, -0.2) is 0 Å². The summed E-state index contributed by atoms with van der Waals surface area (Å²) in [5.74, 6) is 0.543. The number of nitrogens with zero attached hydrogens (tertiary/aromatic N) is 1. The molecule has 0 amide bonds. The SMILES string of the molecule is CC1C=CC2=C(C1)c1cc(N(c3ccc(-c4ccccc4)cc3)c3ccc(-c4ccc5c(ccc6ccc7ccccc7c65)c4)cc3)ccc1C2(C)C. The molecule has 2 aliphatic rings. The number of benzene rings is 8. The van der Waals surface area contributed by atoms with E-state index in [0.29, 0.717) is 5.92 Å². The fourth-order valence-electron chi connectivity index (χ4n) is 9.01. The Labute approximate surface area is 312 Å². The second kappa shape index (κ2) is 12.2. The third-order valence-electron chi connectivity index (χ3n) is 11.8. The Hall–Kier alpha value is -6.18. The summed E-state index contributed by atoms with van der Waals surface area (Å²) in [4.78, 5) is 2.42. The van der Waals surface area contributed by atoms with Gasteiger partial charge in [-0.3, -0.25) is 0 Å². The van der Waals surface area contributed by atoms with Gasteiger partial charge < -0.3 is 4.90 Å². The normalized spacial score (nSPS) is 15.9. The molecule has 0 saturated carbocycles. The minimum Gasteiger partial charge on any atom is -0.310 e. The van der Waals surface area contributed by atoms with E-state index >= 15 is 0 Å². The van der Waals surface area contributed by atoms with E-state index in [2.05, 4.69) is 202 Å². The Morgan fingerprint density at radius 2 is 1.09 bits per heavy atom. The van der Waals surface area contributed by atoms with Crippen LogP contribution >= 0.6 is 0 Å². The summed E-state index contributed by atoms with van der Waals surface area (Å²) < 4.78 is 0. The topological polar surface area (TPSA) is 3.24 Å². The van der Waals surface area contributed by atoms with Crippen molar-refractivity contribution >= 4 is 55.0 Å². The van der Waals surface area contributed by atoms with Crippen LogP contribution in [0.4, 0.5) is 17.1 Å². The van der Waals surface area contributed by atoms with Crippen molar-refractivity contribution in [1.29, 1.82) is 0 Å². The van der Waals surface area contributed by atoms with Crippen LogP contribution in [0.25, 0.3) is 60.1 Å². The monoisotopic (exact) mass is 679 g/mol. The van der Waals surface area contributed by atoms with Crippen LogP contribution in [0.1, 0.15) is 38.3 Å². The molecule has 254 valence electrons. The molecule has 0 saturated heterocycles. The van der Waals surface area contributed by atoms with E-state index in [0.717, 1.165) is 17.8 Å². The maximum Gasteiger partial charge on any atom is 0.0467 e. The quantitative estimate of drug-likeness (QED) is 0.164. The summed E-state index contributed by atoms with van der Waals surface area (Å²) >= 11 is 0. The molecule has 1 nitrogen and oxygen atoms in total. The molecule has 8 aromatic rings. The van der Waals surface area contributed by atoms with Crippen LogP contribution in [0.2, 0.25) is 0 Å². The lowest BCUT2D eigenvalue weighted by molar-refractivity contribution is 0.643. The van der Waals surface area contributed by atoms with Crippen molar-refractivity contribution in [2.45, 2.75) is 32.6 Å². The molecule has 0 aliphatic heterocycles. The summed E-state index contributed by atoms with van der Waals surface area (Å²) in [6.07, 6.45) is 5.86. The van der Waals surface area contributed by atoms with Crippen LogP contribution in [-0.4, -0.2) is 0 Å². The second-order valence-corrected chi connectivity index (χ2v) is 15.5. The number of hydrogen-bond donors (Lipinski definition) is 0. The summed E-state index contributed by atoms with van der Waals surface area (Å²) in [5, 5.41) is 7.75. The molecular weight excluding hydrogens is 639 g/mol. The molecule has 2 aliphatic carbocycles. The summed E-state index contributed by atoms with van der Waals surface area (Å²) in [7, 11) is 0. The molecule has 10 rings (SSSR count). The molecule has 0 radical (unpaired) electrons. The van der Waals surface area contributed by atoms with Crippen molar-refractivity contribution in [3.63, 3.8) is 0 Å². The molecule has 0 heterocycles. The zero-order valence-electron chi connectivity index (χ0n) is 30.5. The summed E-state index contributed by atoms with van der Waals surface area (Å²) in [6.45, 7) is 7.09. The van der Waals surface area contributed by atoms with Crippen molar-refractivity contribution in [2.24, 2.45) is 5.92 Å². The van der Waals surface area contributed by atoms with Crippen molar-refractivity contribution in [1.82, 2.24) is 0 Å². The van der Waals surface area contributed by atoms with Crippen molar-refractivity contribution in [3.05, 3.63) is 193 Å². The molecule has 0 spiro atoms. The third-order valence-corrected chi connectivity index (χ3v) is 11.8. The van der Waals surface area contributed by atoms with E-state index in [1.807, 2.05) is 0 Å². The molecular formula is C52H41N. The molecule has 8 aromatic carbocycles. The molecule has 1 atom stereocenters. The number of rotatable bonds is 5. The Morgan fingerprint density at radius 3 is 1.85 bits per heavy atom. The van der Waals surface area contributed by atoms with Gasteiger partial charge in [0, 0.05) is 22.5 Å². The standard InChI is InChI=1S/C52H41N/c1-34-13-29-49-47(31-34)48-33-44(27-30-50(48)52(49,2)3)53(42-23-18-36(19-24-42)35-9-5-4-6-10-35)43-25-20-37(21-26-43)40-22-28-46-41(32-40)17-16-39-15-14-38-11-7-8-12-45(38)51(39)46/h4-30,32-34H,31H2,1-3H3. The fourth-order valence-corrected chi connectivity index (χ4v) is 9.01. The molecule has 53 heavy (non-hydrogen) atoms. The van der Waals surface area contributed by atoms with Gasteiger partial charge in [0.05, 0.1) is 0 Å². The first-order valence-electron chi connectivity index (χ1n) is 18.9. The zero-order chi connectivity index (χ0) is 35.7. The van der Waals surface area contributed by atoms with Gasteiger partial charge in [-0.1, -0.05) is 154 Å². The maximum atomic E-state index is 2.45. The lowest BCUT2D eigenvalue weighted by Gasteiger charge is -2.28. The Bertz CT molecular complexity index is 2760. The molecule has 1 heteroatoms. The molecule has 1 unspecified atom stereocenters. The first kappa shape index (κ1) is 31.5. The average molecular weight is 680 g/mol. The number of hydrogen-bond acceptors (Lipinski definition) is 1. The van der Waals surface area contributed by atoms with Crippen LogP contribution in [0.5, 0.6) is 0 Å². The van der Waals surface area contributed by atoms with Crippen LogP contribution in [0.15, 0.2) is 182 Å². The van der Waals surface area contributed by atoms with E-state index in [-0.39, 0.29) is 5.41 Å². The van der Waals surface area contributed by atoms with Crippen molar-refractivity contribution < 1.29 is 0 Å². The van der Waals surface area contributed by atoms with Crippen molar-refractivity contribution in [3.8, 4) is 22.3 Å². The van der Waals surface area contributed by atoms with Crippen LogP contribution in [0.3, 0.4) is 0 Å². The average Bonchev–Trinajstić information content (AvgIpc) is 3.42. The van der Waals surface area contributed by atoms with E-state index in [1.54, 1.807) is 0 Å². The van der Waals surface area contributed by atoms with Gasteiger partial charge in [0.2, 0.25) is 0 Å². The van der Waals surface area contributed by atoms with Gasteiger partial charge >= 0.3 is 0 Å². The predicted molar refractivity (Wildman–Crippen MR) is 227 cm³/mol. The highest BCUT2D eigenvalue weighted by molar-refractivity contribution is 6.20. The Morgan fingerprint density at radius 1 is 0.509 bits per heavy atom. The number of allylic oxidation sites excluding steroid dienone is 4. The third kappa shape index (κ3) is 5.22. The molecule has 0 bridgehead atoms. The fraction of sp³-hybridized carbons (Fsp3) is 0.115. The van der Waals surface area contributed by atoms with Crippen LogP contribution in [0, 0.1) is 5.92 Å². The van der Waals surface area contributed by atoms with E-state index < -0.39 is 0 Å². The highest BCUT2D eigenvalue weighted by atomic mass is 15.1. The van der Waals surface area contributed by atoms with Gasteiger partial charge in [0.1, 0.15) is 0 Å². The lowest BCUT2D eigenvalue weighted by Crippen LogP contribution is -2.17. The van der Waals surface area contributed by atoms with Gasteiger partial charge in [-0.2, -0.15) is 0 Å². The van der Waals surface area contributed by atoms with Crippen molar-refractivity contribution in [2.75, 3.05) is 4.90 Å². The van der Waals surface area contributed by atoms with E-state index in [1.165, 1.54) is 82.5 Å². The van der Waals surface area contributed by atoms with Crippen LogP contribution < -0.4 is 4.90 Å². The minimum atomic E-state index is 0.00287. The molecule has 0 fully saturated rings.